The first kappa shape index (κ1) is 14.9. The van der Waals surface area contributed by atoms with Gasteiger partial charge in [0.25, 0.3) is 0 Å². The molecule has 0 unspecified atom stereocenters. The molecule has 0 aliphatic rings. The van der Waals surface area contributed by atoms with E-state index in [1.807, 2.05) is 30.3 Å². The number of amidine groups is 1. The third-order valence-electron chi connectivity index (χ3n) is 2.69. The number of nitrogens with zero attached hydrogens (tertiary/aromatic N) is 1. The number of nitrogens with two attached hydrogens (primary N) is 1. The molecule has 2 rings (SSSR count). The lowest BCUT2D eigenvalue weighted by Crippen LogP contribution is -2.15. The van der Waals surface area contributed by atoms with Gasteiger partial charge < -0.3 is 16.3 Å². The van der Waals surface area contributed by atoms with Gasteiger partial charge in [0.2, 0.25) is 5.91 Å². The predicted octanol–water partition coefficient (Wildman–Crippen LogP) is 2.51. The van der Waals surface area contributed by atoms with Crippen LogP contribution in [0.2, 0.25) is 0 Å². The normalized spacial score (nSPS) is 11.1. The second kappa shape index (κ2) is 7.35. The summed E-state index contributed by atoms with van der Waals surface area (Å²) >= 11 is 1.48. The zero-order chi connectivity index (χ0) is 15.1. The van der Waals surface area contributed by atoms with E-state index >= 15 is 0 Å². The Morgan fingerprint density at radius 1 is 1.14 bits per heavy atom. The van der Waals surface area contributed by atoms with E-state index in [4.69, 9.17) is 10.9 Å². The summed E-state index contributed by atoms with van der Waals surface area (Å²) in [5.41, 5.74) is 6.73. The molecule has 4 N–H and O–H groups in total. The van der Waals surface area contributed by atoms with Crippen molar-refractivity contribution < 1.29 is 10.0 Å². The van der Waals surface area contributed by atoms with Crippen molar-refractivity contribution in [1.82, 2.24) is 0 Å². The highest BCUT2D eigenvalue weighted by Crippen LogP contribution is 2.17. The van der Waals surface area contributed by atoms with E-state index in [0.29, 0.717) is 17.0 Å². The summed E-state index contributed by atoms with van der Waals surface area (Å²) in [5, 5.41) is 14.3. The highest BCUT2D eigenvalue weighted by atomic mass is 32.2. The number of anilines is 1. The van der Waals surface area contributed by atoms with Crippen molar-refractivity contribution in [3.05, 3.63) is 60.2 Å². The van der Waals surface area contributed by atoms with Crippen LogP contribution in [0.15, 0.2) is 64.6 Å². The smallest absolute Gasteiger partial charge is 0.234 e. The van der Waals surface area contributed by atoms with Crippen LogP contribution in [-0.2, 0) is 4.79 Å². The molecule has 21 heavy (non-hydrogen) atoms. The van der Waals surface area contributed by atoms with Gasteiger partial charge in [-0.3, -0.25) is 4.79 Å². The van der Waals surface area contributed by atoms with E-state index in [9.17, 15) is 4.79 Å². The van der Waals surface area contributed by atoms with Gasteiger partial charge in [-0.15, -0.1) is 11.8 Å². The quantitative estimate of drug-likeness (QED) is 0.260. The third kappa shape index (κ3) is 4.54. The Hall–Kier alpha value is -2.47. The van der Waals surface area contributed by atoms with Gasteiger partial charge in [0, 0.05) is 16.1 Å². The first-order valence-corrected chi connectivity index (χ1v) is 7.23. The maximum Gasteiger partial charge on any atom is 0.234 e. The molecular formula is C15H15N3O2S. The summed E-state index contributed by atoms with van der Waals surface area (Å²) in [6.07, 6.45) is 0. The molecule has 2 aromatic carbocycles. The third-order valence-corrected chi connectivity index (χ3v) is 3.70. The summed E-state index contributed by atoms with van der Waals surface area (Å²) in [6.45, 7) is 0. The number of hydrogen-bond acceptors (Lipinski definition) is 4. The molecule has 0 saturated heterocycles. The fourth-order valence-corrected chi connectivity index (χ4v) is 2.36. The zero-order valence-corrected chi connectivity index (χ0v) is 12.0. The van der Waals surface area contributed by atoms with E-state index in [1.54, 1.807) is 24.3 Å². The minimum atomic E-state index is -0.0830. The van der Waals surface area contributed by atoms with Gasteiger partial charge in [0.05, 0.1) is 5.75 Å². The van der Waals surface area contributed by atoms with Gasteiger partial charge in [-0.05, 0) is 36.4 Å². The first-order chi connectivity index (χ1) is 10.2. The molecule has 0 aliphatic carbocycles. The van der Waals surface area contributed by atoms with Crippen LogP contribution in [0, 0.1) is 0 Å². The van der Waals surface area contributed by atoms with Gasteiger partial charge in [-0.25, -0.2) is 0 Å². The Balaban J connectivity index is 1.88. The molecule has 5 nitrogen and oxygen atoms in total. The van der Waals surface area contributed by atoms with Gasteiger partial charge in [0.1, 0.15) is 0 Å². The highest BCUT2D eigenvalue weighted by molar-refractivity contribution is 8.00. The van der Waals surface area contributed by atoms with Crippen molar-refractivity contribution in [3.63, 3.8) is 0 Å². The molecule has 0 heterocycles. The van der Waals surface area contributed by atoms with Crippen LogP contribution in [0.4, 0.5) is 5.69 Å². The minimum Gasteiger partial charge on any atom is -0.409 e. The monoisotopic (exact) mass is 301 g/mol. The van der Waals surface area contributed by atoms with Crippen molar-refractivity contribution >= 4 is 29.2 Å². The number of nitrogens with one attached hydrogen (secondary N) is 1. The lowest BCUT2D eigenvalue weighted by molar-refractivity contribution is -0.113. The Kier molecular flexibility index (Phi) is 5.22. The van der Waals surface area contributed by atoms with Crippen LogP contribution in [0.25, 0.3) is 0 Å². The fraction of sp³-hybridized carbons (Fsp3) is 0.0667. The molecule has 0 aliphatic heterocycles. The number of thioether (sulfide) groups is 1. The Bertz CT molecular complexity index is 627. The lowest BCUT2D eigenvalue weighted by Gasteiger charge is -2.06. The van der Waals surface area contributed by atoms with Gasteiger partial charge in [-0.1, -0.05) is 23.4 Å². The zero-order valence-electron chi connectivity index (χ0n) is 11.2. The summed E-state index contributed by atoms with van der Waals surface area (Å²) in [7, 11) is 0. The van der Waals surface area contributed by atoms with Crippen molar-refractivity contribution in [3.8, 4) is 0 Å². The first-order valence-electron chi connectivity index (χ1n) is 6.24. The topological polar surface area (TPSA) is 87.7 Å². The minimum absolute atomic E-state index is 0.0347. The van der Waals surface area contributed by atoms with Crippen LogP contribution in [0.5, 0.6) is 0 Å². The molecule has 0 radical (unpaired) electrons. The number of oxime groups is 1. The molecule has 1 amide bonds. The molecule has 0 bridgehead atoms. The standard InChI is InChI=1S/C15H15N3O2S/c16-15(18-20)11-6-8-12(9-7-11)17-14(19)10-21-13-4-2-1-3-5-13/h1-9,20H,10H2,(H2,16,18)(H,17,19). The van der Waals surface area contributed by atoms with Gasteiger partial charge >= 0.3 is 0 Å². The summed E-state index contributed by atoms with van der Waals surface area (Å²) in [5.74, 6) is 0.291. The van der Waals surface area contributed by atoms with E-state index in [1.165, 1.54) is 11.8 Å². The van der Waals surface area contributed by atoms with Crippen LogP contribution in [-0.4, -0.2) is 22.7 Å². The van der Waals surface area contributed by atoms with Crippen molar-refractivity contribution in [2.75, 3.05) is 11.1 Å². The van der Waals surface area contributed by atoms with Gasteiger partial charge in [0.15, 0.2) is 5.84 Å². The molecule has 108 valence electrons. The van der Waals surface area contributed by atoms with Crippen LogP contribution in [0.3, 0.4) is 0 Å². The molecule has 0 spiro atoms. The number of benzene rings is 2. The predicted molar refractivity (Wildman–Crippen MR) is 84.7 cm³/mol. The summed E-state index contributed by atoms with van der Waals surface area (Å²) < 4.78 is 0. The molecule has 2 aromatic rings. The van der Waals surface area contributed by atoms with E-state index < -0.39 is 0 Å². The Morgan fingerprint density at radius 2 is 1.81 bits per heavy atom. The second-order valence-corrected chi connectivity index (χ2v) is 5.26. The Morgan fingerprint density at radius 3 is 2.43 bits per heavy atom. The van der Waals surface area contributed by atoms with Crippen molar-refractivity contribution in [2.45, 2.75) is 4.90 Å². The average Bonchev–Trinajstić information content (AvgIpc) is 2.54. The number of carbonyl (C=O) groups is 1. The number of rotatable bonds is 5. The largest absolute Gasteiger partial charge is 0.409 e. The highest BCUT2D eigenvalue weighted by Gasteiger charge is 2.04. The van der Waals surface area contributed by atoms with Crippen molar-refractivity contribution in [1.29, 1.82) is 0 Å². The SMILES string of the molecule is NC(=NO)c1ccc(NC(=O)CSc2ccccc2)cc1. The molecule has 0 atom stereocenters. The molecule has 0 fully saturated rings. The molecule has 6 heteroatoms. The number of hydrogen-bond donors (Lipinski definition) is 3. The molecular weight excluding hydrogens is 286 g/mol. The average molecular weight is 301 g/mol. The number of amides is 1. The molecule has 0 aromatic heterocycles. The van der Waals surface area contributed by atoms with E-state index in [2.05, 4.69) is 10.5 Å². The lowest BCUT2D eigenvalue weighted by atomic mass is 10.2. The van der Waals surface area contributed by atoms with E-state index in [0.717, 1.165) is 4.90 Å². The Labute approximate surface area is 126 Å². The summed E-state index contributed by atoms with van der Waals surface area (Å²) in [4.78, 5) is 12.9. The molecule has 0 saturated carbocycles. The number of carbonyl (C=O) groups excluding carboxylic acids is 1. The maximum atomic E-state index is 11.8. The van der Waals surface area contributed by atoms with Crippen LogP contribution >= 0.6 is 11.8 Å². The second-order valence-electron chi connectivity index (χ2n) is 4.21. The van der Waals surface area contributed by atoms with Gasteiger partial charge in [-0.2, -0.15) is 0 Å². The summed E-state index contributed by atoms with van der Waals surface area (Å²) in [6, 6.07) is 16.5. The fourth-order valence-electron chi connectivity index (χ4n) is 1.64. The van der Waals surface area contributed by atoms with Crippen LogP contribution < -0.4 is 11.1 Å². The van der Waals surface area contributed by atoms with Crippen LogP contribution in [0.1, 0.15) is 5.56 Å². The maximum absolute atomic E-state index is 11.8. The van der Waals surface area contributed by atoms with Crippen molar-refractivity contribution in [2.24, 2.45) is 10.9 Å². The van der Waals surface area contributed by atoms with E-state index in [-0.39, 0.29) is 11.7 Å².